The van der Waals surface area contributed by atoms with Gasteiger partial charge in [-0.2, -0.15) is 0 Å². The minimum absolute atomic E-state index is 0.137. The van der Waals surface area contributed by atoms with Crippen molar-refractivity contribution in [1.29, 1.82) is 0 Å². The van der Waals surface area contributed by atoms with Gasteiger partial charge >= 0.3 is 5.97 Å². The smallest absolute Gasteiger partial charge is 0.310 e. The molecule has 0 aliphatic heterocycles. The van der Waals surface area contributed by atoms with Crippen LogP contribution >= 0.6 is 0 Å². The van der Waals surface area contributed by atoms with Gasteiger partial charge in [-0.1, -0.05) is 25.1 Å². The van der Waals surface area contributed by atoms with Crippen LogP contribution in [-0.2, 0) is 18.0 Å². The van der Waals surface area contributed by atoms with Crippen LogP contribution in [0.15, 0.2) is 30.3 Å². The Morgan fingerprint density at radius 1 is 1.04 bits per heavy atom. The molecule has 2 aromatic carbocycles. The molecular weight excluding hydrogens is 304 g/mol. The Labute approximate surface area is 143 Å². The van der Waals surface area contributed by atoms with Gasteiger partial charge in [0.2, 0.25) is 0 Å². The monoisotopic (exact) mass is 328 g/mol. The number of benzene rings is 2. The van der Waals surface area contributed by atoms with E-state index in [9.17, 15) is 9.90 Å². The van der Waals surface area contributed by atoms with Crippen molar-refractivity contribution in [3.8, 4) is 11.5 Å². The fraction of sp³-hybridized carbons (Fsp3) is 0.350. The number of ether oxygens (including phenoxy) is 2. The van der Waals surface area contributed by atoms with Gasteiger partial charge in [0.15, 0.2) is 0 Å². The number of hydrogen-bond acceptors (Lipinski definition) is 4. The summed E-state index contributed by atoms with van der Waals surface area (Å²) in [4.78, 5) is 11.6. The maximum absolute atomic E-state index is 11.6. The van der Waals surface area contributed by atoms with Crippen LogP contribution in [0.5, 0.6) is 11.5 Å². The molecule has 0 spiro atoms. The highest BCUT2D eigenvalue weighted by Gasteiger charge is 2.13. The molecule has 1 N–H and O–H groups in total. The molecule has 0 aliphatic carbocycles. The second-order valence-electron chi connectivity index (χ2n) is 5.87. The summed E-state index contributed by atoms with van der Waals surface area (Å²) in [6, 6.07) is 9.37. The fourth-order valence-electron chi connectivity index (χ4n) is 2.45. The first-order chi connectivity index (χ1) is 11.5. The predicted molar refractivity (Wildman–Crippen MR) is 93.3 cm³/mol. The van der Waals surface area contributed by atoms with Gasteiger partial charge in [0.25, 0.3) is 0 Å². The van der Waals surface area contributed by atoms with E-state index in [1.807, 2.05) is 19.9 Å². The van der Waals surface area contributed by atoms with Crippen LogP contribution < -0.4 is 9.47 Å². The average molecular weight is 328 g/mol. The zero-order valence-electron chi connectivity index (χ0n) is 14.7. The lowest BCUT2D eigenvalue weighted by atomic mass is 10.1. The minimum atomic E-state index is -0.311. The van der Waals surface area contributed by atoms with Crippen LogP contribution in [0.1, 0.15) is 41.2 Å². The Balaban J connectivity index is 2.28. The van der Waals surface area contributed by atoms with Gasteiger partial charge in [-0.3, -0.25) is 4.79 Å². The SMILES string of the molecule is CCC(=O)Oc1cccc(CO)c1COc1cc(C)c(C)cc1C. The van der Waals surface area contributed by atoms with E-state index < -0.39 is 0 Å². The van der Waals surface area contributed by atoms with E-state index in [0.717, 1.165) is 16.9 Å². The Morgan fingerprint density at radius 2 is 1.75 bits per heavy atom. The van der Waals surface area contributed by atoms with E-state index in [-0.39, 0.29) is 19.2 Å². The summed E-state index contributed by atoms with van der Waals surface area (Å²) in [5.74, 6) is 0.919. The molecule has 128 valence electrons. The third-order valence-electron chi connectivity index (χ3n) is 4.08. The average Bonchev–Trinajstić information content (AvgIpc) is 2.57. The minimum Gasteiger partial charge on any atom is -0.488 e. The topological polar surface area (TPSA) is 55.8 Å². The molecule has 0 aliphatic rings. The zero-order valence-corrected chi connectivity index (χ0v) is 14.7. The van der Waals surface area contributed by atoms with E-state index in [0.29, 0.717) is 23.3 Å². The number of aliphatic hydroxyl groups excluding tert-OH is 1. The molecule has 4 heteroatoms. The lowest BCUT2D eigenvalue weighted by Gasteiger charge is -2.16. The summed E-state index contributed by atoms with van der Waals surface area (Å²) in [5, 5.41) is 9.57. The number of aryl methyl sites for hydroxylation is 3. The van der Waals surface area contributed by atoms with Crippen LogP contribution in [0.3, 0.4) is 0 Å². The molecule has 0 aromatic heterocycles. The van der Waals surface area contributed by atoms with Crippen molar-refractivity contribution in [2.45, 2.75) is 47.3 Å². The molecular formula is C20H24O4. The van der Waals surface area contributed by atoms with Crippen LogP contribution in [0.25, 0.3) is 0 Å². The van der Waals surface area contributed by atoms with Crippen LogP contribution in [-0.4, -0.2) is 11.1 Å². The third-order valence-corrected chi connectivity index (χ3v) is 4.08. The van der Waals surface area contributed by atoms with Crippen molar-refractivity contribution in [1.82, 2.24) is 0 Å². The third kappa shape index (κ3) is 4.15. The number of aliphatic hydroxyl groups is 1. The number of carbonyl (C=O) groups is 1. The standard InChI is InChI=1S/C20H24O4/c1-5-20(22)24-18-8-6-7-16(11-21)17(18)12-23-19-10-14(3)13(2)9-15(19)4/h6-10,21H,5,11-12H2,1-4H3. The van der Waals surface area contributed by atoms with Gasteiger partial charge in [0.1, 0.15) is 18.1 Å². The molecule has 0 radical (unpaired) electrons. The molecule has 0 heterocycles. The summed E-state index contributed by atoms with van der Waals surface area (Å²) >= 11 is 0. The highest BCUT2D eigenvalue weighted by atomic mass is 16.5. The van der Waals surface area contributed by atoms with Crippen LogP contribution in [0.4, 0.5) is 0 Å². The number of rotatable bonds is 6. The Bertz CT molecular complexity index is 735. The highest BCUT2D eigenvalue weighted by Crippen LogP contribution is 2.28. The molecule has 0 unspecified atom stereocenters. The summed E-state index contributed by atoms with van der Waals surface area (Å²) < 4.78 is 11.3. The molecule has 2 aromatic rings. The zero-order chi connectivity index (χ0) is 17.7. The normalized spacial score (nSPS) is 10.5. The van der Waals surface area contributed by atoms with Crippen molar-refractivity contribution >= 4 is 5.97 Å². The van der Waals surface area contributed by atoms with E-state index in [2.05, 4.69) is 13.0 Å². The second-order valence-corrected chi connectivity index (χ2v) is 5.87. The molecule has 24 heavy (non-hydrogen) atoms. The molecule has 0 saturated carbocycles. The molecule has 4 nitrogen and oxygen atoms in total. The van der Waals surface area contributed by atoms with Crippen LogP contribution in [0.2, 0.25) is 0 Å². The largest absolute Gasteiger partial charge is 0.488 e. The summed E-state index contributed by atoms with van der Waals surface area (Å²) in [6.45, 7) is 7.94. The van der Waals surface area contributed by atoms with Crippen LogP contribution in [0, 0.1) is 20.8 Å². The Kier molecular flexibility index (Phi) is 5.99. The van der Waals surface area contributed by atoms with E-state index >= 15 is 0 Å². The number of carbonyl (C=O) groups excluding carboxylic acids is 1. The van der Waals surface area contributed by atoms with Crippen molar-refractivity contribution in [2.75, 3.05) is 0 Å². The van der Waals surface area contributed by atoms with Gasteiger partial charge in [-0.15, -0.1) is 0 Å². The fourth-order valence-corrected chi connectivity index (χ4v) is 2.45. The number of hydrogen-bond donors (Lipinski definition) is 1. The molecule has 0 amide bonds. The van der Waals surface area contributed by atoms with Gasteiger partial charge in [-0.25, -0.2) is 0 Å². The maximum Gasteiger partial charge on any atom is 0.310 e. The molecule has 0 atom stereocenters. The van der Waals surface area contributed by atoms with Crippen molar-refractivity contribution in [3.63, 3.8) is 0 Å². The van der Waals surface area contributed by atoms with E-state index in [1.54, 1.807) is 25.1 Å². The second kappa shape index (κ2) is 7.97. The van der Waals surface area contributed by atoms with Crippen molar-refractivity contribution in [2.24, 2.45) is 0 Å². The summed E-state index contributed by atoms with van der Waals surface area (Å²) in [7, 11) is 0. The summed E-state index contributed by atoms with van der Waals surface area (Å²) in [5.41, 5.74) is 4.81. The first-order valence-corrected chi connectivity index (χ1v) is 8.09. The summed E-state index contributed by atoms with van der Waals surface area (Å²) in [6.07, 6.45) is 0.292. The van der Waals surface area contributed by atoms with Gasteiger partial charge in [-0.05, 0) is 55.2 Å². The van der Waals surface area contributed by atoms with Gasteiger partial charge < -0.3 is 14.6 Å². The molecule has 0 fully saturated rings. The molecule has 0 bridgehead atoms. The van der Waals surface area contributed by atoms with Gasteiger partial charge in [0, 0.05) is 12.0 Å². The van der Waals surface area contributed by atoms with Crippen molar-refractivity contribution < 1.29 is 19.4 Å². The quantitative estimate of drug-likeness (QED) is 0.643. The molecule has 2 rings (SSSR count). The predicted octanol–water partition coefficient (Wildman–Crippen LogP) is 4.00. The molecule has 0 saturated heterocycles. The lowest BCUT2D eigenvalue weighted by molar-refractivity contribution is -0.134. The van der Waals surface area contributed by atoms with Crippen molar-refractivity contribution in [3.05, 3.63) is 58.1 Å². The Hall–Kier alpha value is -2.33. The first kappa shape index (κ1) is 18.0. The van der Waals surface area contributed by atoms with Gasteiger partial charge in [0.05, 0.1) is 6.61 Å². The first-order valence-electron chi connectivity index (χ1n) is 8.09. The van der Waals surface area contributed by atoms with E-state index in [1.165, 1.54) is 5.56 Å². The maximum atomic E-state index is 11.6. The Morgan fingerprint density at radius 3 is 2.42 bits per heavy atom. The van der Waals surface area contributed by atoms with E-state index in [4.69, 9.17) is 9.47 Å². The number of esters is 1. The lowest BCUT2D eigenvalue weighted by Crippen LogP contribution is -2.10. The highest BCUT2D eigenvalue weighted by molar-refractivity contribution is 5.72.